The van der Waals surface area contributed by atoms with Crippen molar-refractivity contribution in [3.8, 4) is 0 Å². The molecule has 0 radical (unpaired) electrons. The minimum absolute atomic E-state index is 0.0334. The molecule has 4 heteroatoms. The summed E-state index contributed by atoms with van der Waals surface area (Å²) in [5.41, 5.74) is 5.58. The number of carbonyl (C=O) groups is 1. The van der Waals surface area contributed by atoms with Gasteiger partial charge in [0.05, 0.1) is 6.10 Å². The maximum Gasteiger partial charge on any atom is 0.223 e. The fraction of sp³-hybridized carbons (Fsp3) is 0.700. The van der Waals surface area contributed by atoms with Gasteiger partial charge in [-0.2, -0.15) is 0 Å². The number of nitrogens with two attached hydrogens (primary N) is 1. The molecule has 1 rings (SSSR count). The summed E-state index contributed by atoms with van der Waals surface area (Å²) in [5, 5.41) is 11.9. The van der Waals surface area contributed by atoms with E-state index < -0.39 is 6.10 Å². The van der Waals surface area contributed by atoms with Crippen molar-refractivity contribution in [2.45, 2.75) is 31.9 Å². The van der Waals surface area contributed by atoms with Gasteiger partial charge in [-0.3, -0.25) is 4.79 Å². The number of carbonyl (C=O) groups excluding carboxylic acids is 1. The Balaban J connectivity index is 2.21. The maximum atomic E-state index is 11.5. The lowest BCUT2D eigenvalue weighted by Gasteiger charge is -2.17. The molecule has 0 aromatic rings. The van der Waals surface area contributed by atoms with Gasteiger partial charge in [0.2, 0.25) is 5.91 Å². The molecular weight excluding hydrogens is 180 g/mol. The van der Waals surface area contributed by atoms with E-state index in [0.717, 1.165) is 12.8 Å². The highest BCUT2D eigenvalue weighted by atomic mass is 16.3. The fourth-order valence-electron chi connectivity index (χ4n) is 1.36. The largest absolute Gasteiger partial charge is 0.392 e. The van der Waals surface area contributed by atoms with Crippen molar-refractivity contribution in [2.24, 2.45) is 11.7 Å². The van der Waals surface area contributed by atoms with Crippen LogP contribution in [0.4, 0.5) is 0 Å². The van der Waals surface area contributed by atoms with E-state index in [1.165, 1.54) is 0 Å². The van der Waals surface area contributed by atoms with Gasteiger partial charge >= 0.3 is 0 Å². The number of rotatable bonds is 4. The number of aliphatic hydroxyl groups excluding tert-OH is 1. The Bertz CT molecular complexity index is 218. The molecule has 0 aromatic carbocycles. The highest BCUT2D eigenvalue weighted by Gasteiger charge is 2.19. The van der Waals surface area contributed by atoms with Crippen molar-refractivity contribution >= 4 is 5.91 Å². The first kappa shape index (κ1) is 11.2. The summed E-state index contributed by atoms with van der Waals surface area (Å²) in [6.45, 7) is 1.96. The third-order valence-electron chi connectivity index (χ3n) is 2.51. The van der Waals surface area contributed by atoms with Gasteiger partial charge in [-0.05, 0) is 19.8 Å². The van der Waals surface area contributed by atoms with Crippen molar-refractivity contribution in [3.05, 3.63) is 12.2 Å². The number of hydrogen-bond acceptors (Lipinski definition) is 3. The van der Waals surface area contributed by atoms with Crippen molar-refractivity contribution in [1.82, 2.24) is 5.32 Å². The molecular formula is C10H18N2O2. The topological polar surface area (TPSA) is 75.3 Å². The third-order valence-corrected chi connectivity index (χ3v) is 2.51. The number of aliphatic hydroxyl groups is 1. The van der Waals surface area contributed by atoms with Gasteiger partial charge in [-0.25, -0.2) is 0 Å². The SMILES string of the molecule is CC(O)C(N)CNC(=O)C1CC=CC1. The van der Waals surface area contributed by atoms with Gasteiger partial charge in [0.15, 0.2) is 0 Å². The van der Waals surface area contributed by atoms with E-state index in [1.807, 2.05) is 12.2 Å². The van der Waals surface area contributed by atoms with Gasteiger partial charge in [0, 0.05) is 18.5 Å². The monoisotopic (exact) mass is 198 g/mol. The molecule has 0 aromatic heterocycles. The summed E-state index contributed by atoms with van der Waals surface area (Å²) in [7, 11) is 0. The quantitative estimate of drug-likeness (QED) is 0.546. The zero-order valence-corrected chi connectivity index (χ0v) is 8.44. The van der Waals surface area contributed by atoms with Crippen LogP contribution in [0.25, 0.3) is 0 Å². The second-order valence-electron chi connectivity index (χ2n) is 3.79. The minimum Gasteiger partial charge on any atom is -0.392 e. The Hall–Kier alpha value is -0.870. The van der Waals surface area contributed by atoms with Crippen molar-refractivity contribution < 1.29 is 9.90 Å². The molecule has 2 unspecified atom stereocenters. The first-order valence-electron chi connectivity index (χ1n) is 4.97. The van der Waals surface area contributed by atoms with Crippen LogP contribution in [0.15, 0.2) is 12.2 Å². The summed E-state index contributed by atoms with van der Waals surface area (Å²) >= 11 is 0. The van der Waals surface area contributed by atoms with Crippen LogP contribution in [0.3, 0.4) is 0 Å². The standard InChI is InChI=1S/C10H18N2O2/c1-7(13)9(11)6-12-10(14)8-4-2-3-5-8/h2-3,7-9,13H,4-6,11H2,1H3,(H,12,14). The average molecular weight is 198 g/mol. The van der Waals surface area contributed by atoms with E-state index in [0.29, 0.717) is 6.54 Å². The van der Waals surface area contributed by atoms with E-state index >= 15 is 0 Å². The van der Waals surface area contributed by atoms with E-state index in [4.69, 9.17) is 10.8 Å². The van der Waals surface area contributed by atoms with Gasteiger partial charge in [-0.15, -0.1) is 0 Å². The van der Waals surface area contributed by atoms with E-state index in [-0.39, 0.29) is 17.9 Å². The van der Waals surface area contributed by atoms with Crippen LogP contribution in [0.1, 0.15) is 19.8 Å². The van der Waals surface area contributed by atoms with Crippen molar-refractivity contribution in [2.75, 3.05) is 6.54 Å². The van der Waals surface area contributed by atoms with Crippen LogP contribution >= 0.6 is 0 Å². The van der Waals surface area contributed by atoms with Crippen LogP contribution in [-0.4, -0.2) is 29.7 Å². The van der Waals surface area contributed by atoms with E-state index in [9.17, 15) is 4.79 Å². The molecule has 1 aliphatic rings. The second-order valence-corrected chi connectivity index (χ2v) is 3.79. The highest BCUT2D eigenvalue weighted by Crippen LogP contribution is 2.17. The van der Waals surface area contributed by atoms with Gasteiger partial charge in [0.25, 0.3) is 0 Å². The number of hydrogen-bond donors (Lipinski definition) is 3. The predicted octanol–water partition coefficient (Wildman–Crippen LogP) is -0.223. The summed E-state index contributed by atoms with van der Waals surface area (Å²) in [4.78, 5) is 11.5. The first-order valence-corrected chi connectivity index (χ1v) is 4.97. The molecule has 0 spiro atoms. The first-order chi connectivity index (χ1) is 6.61. The molecule has 1 amide bonds. The molecule has 4 nitrogen and oxygen atoms in total. The molecule has 0 bridgehead atoms. The lowest BCUT2D eigenvalue weighted by atomic mass is 10.1. The highest BCUT2D eigenvalue weighted by molar-refractivity contribution is 5.79. The summed E-state index contributed by atoms with van der Waals surface area (Å²) in [5.74, 6) is 0.0994. The van der Waals surface area contributed by atoms with Crippen molar-refractivity contribution in [3.63, 3.8) is 0 Å². The Morgan fingerprint density at radius 3 is 2.71 bits per heavy atom. The zero-order valence-electron chi connectivity index (χ0n) is 8.44. The summed E-state index contributed by atoms with van der Waals surface area (Å²) in [6, 6.07) is -0.381. The maximum absolute atomic E-state index is 11.5. The normalized spacial score (nSPS) is 20.8. The van der Waals surface area contributed by atoms with E-state index in [2.05, 4.69) is 5.32 Å². The Morgan fingerprint density at radius 2 is 2.21 bits per heavy atom. The van der Waals surface area contributed by atoms with Crippen LogP contribution in [0.2, 0.25) is 0 Å². The number of nitrogens with one attached hydrogen (secondary N) is 1. The molecule has 4 N–H and O–H groups in total. The molecule has 80 valence electrons. The van der Waals surface area contributed by atoms with Crippen LogP contribution in [0.5, 0.6) is 0 Å². The Morgan fingerprint density at radius 1 is 1.64 bits per heavy atom. The molecule has 2 atom stereocenters. The summed E-state index contributed by atoms with van der Waals surface area (Å²) < 4.78 is 0. The second kappa shape index (κ2) is 5.12. The smallest absolute Gasteiger partial charge is 0.223 e. The molecule has 0 saturated carbocycles. The molecule has 0 fully saturated rings. The predicted molar refractivity (Wildman–Crippen MR) is 54.5 cm³/mol. The van der Waals surface area contributed by atoms with Crippen LogP contribution < -0.4 is 11.1 Å². The zero-order chi connectivity index (χ0) is 10.6. The molecule has 0 aliphatic heterocycles. The average Bonchev–Trinajstić information content (AvgIpc) is 2.66. The van der Waals surface area contributed by atoms with Crippen LogP contribution in [0, 0.1) is 5.92 Å². The number of amides is 1. The van der Waals surface area contributed by atoms with Crippen molar-refractivity contribution in [1.29, 1.82) is 0 Å². The Kier molecular flexibility index (Phi) is 4.10. The molecule has 0 heterocycles. The van der Waals surface area contributed by atoms with Crippen LogP contribution in [-0.2, 0) is 4.79 Å². The van der Waals surface area contributed by atoms with Gasteiger partial charge < -0.3 is 16.2 Å². The summed E-state index contributed by atoms with van der Waals surface area (Å²) in [6.07, 6.45) is 5.07. The molecule has 14 heavy (non-hydrogen) atoms. The lowest BCUT2D eigenvalue weighted by molar-refractivity contribution is -0.124. The fourth-order valence-corrected chi connectivity index (χ4v) is 1.36. The Labute approximate surface area is 84.2 Å². The lowest BCUT2D eigenvalue weighted by Crippen LogP contribution is -2.45. The van der Waals surface area contributed by atoms with Gasteiger partial charge in [-0.1, -0.05) is 12.2 Å². The minimum atomic E-state index is -0.586. The van der Waals surface area contributed by atoms with E-state index in [1.54, 1.807) is 6.92 Å². The number of allylic oxidation sites excluding steroid dienone is 2. The molecule has 0 saturated heterocycles. The molecule has 1 aliphatic carbocycles. The van der Waals surface area contributed by atoms with Gasteiger partial charge in [0.1, 0.15) is 0 Å². The third kappa shape index (κ3) is 3.12.